The van der Waals surface area contributed by atoms with E-state index in [9.17, 15) is 0 Å². The van der Waals surface area contributed by atoms with Gasteiger partial charge >= 0.3 is 66.9 Å². The first-order valence-electron chi connectivity index (χ1n) is 3.14. The van der Waals surface area contributed by atoms with Crippen molar-refractivity contribution < 1.29 is 11.0 Å². The van der Waals surface area contributed by atoms with Crippen LogP contribution >= 0.6 is 11.8 Å². The number of rotatable bonds is 1. The maximum atomic E-state index is 5.71. The number of benzene rings is 1. The summed E-state index contributed by atoms with van der Waals surface area (Å²) in [4.78, 5) is 1.16. The van der Waals surface area contributed by atoms with Crippen molar-refractivity contribution in [1.29, 1.82) is 0 Å². The standard InChI is InChI=1S/C8H9BS.2H2O/c1-6-3-4-8(10-2)7(9)5-6;;/h3-5H,1-2H3;2*1H2/q+2;;/p-2. The van der Waals surface area contributed by atoms with Gasteiger partial charge in [0.15, 0.2) is 0 Å². The maximum absolute atomic E-state index is 5.71. The Labute approximate surface area is 78.4 Å². The van der Waals surface area contributed by atoms with Crippen molar-refractivity contribution in [3.63, 3.8) is 0 Å². The molecular formula is C8H11BO2S. The van der Waals surface area contributed by atoms with Crippen LogP contribution in [0.2, 0.25) is 0 Å². The van der Waals surface area contributed by atoms with E-state index in [1.54, 1.807) is 11.8 Å². The van der Waals surface area contributed by atoms with Gasteiger partial charge in [-0.2, -0.15) is 0 Å². The van der Waals surface area contributed by atoms with E-state index >= 15 is 0 Å². The average Bonchev–Trinajstić information content (AvgIpc) is 1.88. The van der Waals surface area contributed by atoms with Gasteiger partial charge in [-0.25, -0.2) is 0 Å². The minimum Gasteiger partial charge on any atom is -0.870 e. The Morgan fingerprint density at radius 3 is 2.25 bits per heavy atom. The molecule has 0 spiro atoms. The van der Waals surface area contributed by atoms with Crippen molar-refractivity contribution >= 4 is 25.1 Å². The van der Waals surface area contributed by atoms with Gasteiger partial charge in [0.25, 0.3) is 0 Å². The zero-order valence-electron chi connectivity index (χ0n) is 7.11. The third-order valence-corrected chi connectivity index (χ3v) is 2.20. The molecule has 0 saturated carbocycles. The molecule has 0 unspecified atom stereocenters. The van der Waals surface area contributed by atoms with Gasteiger partial charge in [-0.3, -0.25) is 0 Å². The zero-order chi connectivity index (χ0) is 7.56. The minimum atomic E-state index is 0. The van der Waals surface area contributed by atoms with Crippen LogP contribution in [0.3, 0.4) is 0 Å². The summed E-state index contributed by atoms with van der Waals surface area (Å²) in [5, 5.41) is 0. The second-order valence-electron chi connectivity index (χ2n) is 2.25. The monoisotopic (exact) mass is 182 g/mol. The number of hydrogen-bond donors (Lipinski definition) is 0. The molecule has 2 N–H and O–H groups in total. The van der Waals surface area contributed by atoms with Crippen molar-refractivity contribution in [3.05, 3.63) is 23.8 Å². The van der Waals surface area contributed by atoms with Crippen molar-refractivity contribution in [1.82, 2.24) is 0 Å². The maximum Gasteiger partial charge on any atom is -0.870 e. The SMILES string of the molecule is [B+2]c1cc(C)ccc1SC.[OH-].[OH-]. The summed E-state index contributed by atoms with van der Waals surface area (Å²) in [7, 11) is 5.71. The molecule has 0 heterocycles. The van der Waals surface area contributed by atoms with Crippen LogP contribution < -0.4 is 5.46 Å². The van der Waals surface area contributed by atoms with E-state index in [1.165, 1.54) is 5.56 Å². The summed E-state index contributed by atoms with van der Waals surface area (Å²) < 4.78 is 0. The predicted octanol–water partition coefficient (Wildman–Crippen LogP) is 1.16. The number of thioether (sulfide) groups is 1. The summed E-state index contributed by atoms with van der Waals surface area (Å²) in [6.45, 7) is 2.04. The molecule has 12 heavy (non-hydrogen) atoms. The Bertz CT molecular complexity index is 240. The molecule has 0 bridgehead atoms. The van der Waals surface area contributed by atoms with Crippen LogP contribution in [0.4, 0.5) is 0 Å². The van der Waals surface area contributed by atoms with E-state index < -0.39 is 0 Å². The van der Waals surface area contributed by atoms with Gasteiger partial charge in [0.1, 0.15) is 0 Å². The first-order chi connectivity index (χ1) is 4.74. The molecule has 2 nitrogen and oxygen atoms in total. The first-order valence-corrected chi connectivity index (χ1v) is 4.36. The van der Waals surface area contributed by atoms with Gasteiger partial charge in [-0.05, 0) is 0 Å². The quantitative estimate of drug-likeness (QED) is 0.483. The Morgan fingerprint density at radius 2 is 1.83 bits per heavy atom. The normalized spacial score (nSPS) is 8.33. The first kappa shape index (κ1) is 14.1. The van der Waals surface area contributed by atoms with E-state index in [1.807, 2.05) is 19.2 Å². The van der Waals surface area contributed by atoms with Gasteiger partial charge in [-0.15, -0.1) is 0 Å². The van der Waals surface area contributed by atoms with Gasteiger partial charge in [0, 0.05) is 0 Å². The van der Waals surface area contributed by atoms with Crippen LogP contribution in [0.15, 0.2) is 23.1 Å². The Kier molecular flexibility index (Phi) is 7.18. The summed E-state index contributed by atoms with van der Waals surface area (Å²) >= 11 is 1.68. The molecule has 0 radical (unpaired) electrons. The fourth-order valence-electron chi connectivity index (χ4n) is 0.854. The molecule has 4 heteroatoms. The predicted molar refractivity (Wildman–Crippen MR) is 52.2 cm³/mol. The van der Waals surface area contributed by atoms with Crippen LogP contribution in [0.5, 0.6) is 0 Å². The molecule has 1 aromatic rings. The fraction of sp³-hybridized carbons (Fsp3) is 0.250. The fourth-order valence-corrected chi connectivity index (χ4v) is 1.35. The van der Waals surface area contributed by atoms with Crippen molar-refractivity contribution in [3.8, 4) is 0 Å². The molecule has 0 amide bonds. The largest absolute Gasteiger partial charge is 0.870 e. The average molecular weight is 182 g/mol. The molecule has 64 valence electrons. The Hall–Kier alpha value is -0.445. The zero-order valence-corrected chi connectivity index (χ0v) is 7.93. The summed E-state index contributed by atoms with van der Waals surface area (Å²) in [5.41, 5.74) is 2.10. The Morgan fingerprint density at radius 1 is 1.25 bits per heavy atom. The summed E-state index contributed by atoms with van der Waals surface area (Å²) in [6, 6.07) is 6.11. The minimum absolute atomic E-state index is 0. The van der Waals surface area contributed by atoms with Crippen LogP contribution in [-0.2, 0) is 0 Å². The van der Waals surface area contributed by atoms with E-state index in [0.717, 1.165) is 10.4 Å². The van der Waals surface area contributed by atoms with E-state index in [0.29, 0.717) is 0 Å². The van der Waals surface area contributed by atoms with Gasteiger partial charge in [0.2, 0.25) is 0 Å². The second kappa shape index (κ2) is 6.11. The molecule has 1 rings (SSSR count). The second-order valence-corrected chi connectivity index (χ2v) is 3.09. The molecule has 0 aliphatic carbocycles. The molecule has 0 fully saturated rings. The van der Waals surface area contributed by atoms with E-state index in [2.05, 4.69) is 12.1 Å². The van der Waals surface area contributed by atoms with Crippen molar-refractivity contribution in [2.24, 2.45) is 0 Å². The van der Waals surface area contributed by atoms with Crippen LogP contribution in [0, 0.1) is 6.92 Å². The van der Waals surface area contributed by atoms with Gasteiger partial charge in [-0.1, -0.05) is 0 Å². The van der Waals surface area contributed by atoms with E-state index in [4.69, 9.17) is 7.85 Å². The molecule has 0 saturated heterocycles. The third-order valence-electron chi connectivity index (χ3n) is 1.39. The molecule has 0 aliphatic heterocycles. The topological polar surface area (TPSA) is 60.0 Å². The summed E-state index contributed by atoms with van der Waals surface area (Å²) in [6.07, 6.45) is 2.03. The third kappa shape index (κ3) is 3.30. The number of hydrogen-bond acceptors (Lipinski definition) is 3. The van der Waals surface area contributed by atoms with Crippen molar-refractivity contribution in [2.75, 3.05) is 6.26 Å². The molecule has 1 aromatic carbocycles. The molecule has 0 aromatic heterocycles. The smallest absolute Gasteiger partial charge is 0.870 e. The van der Waals surface area contributed by atoms with E-state index in [-0.39, 0.29) is 11.0 Å². The molecule has 0 aliphatic rings. The summed E-state index contributed by atoms with van der Waals surface area (Å²) in [5.74, 6) is 0. The van der Waals surface area contributed by atoms with Gasteiger partial charge in [0.05, 0.1) is 0 Å². The molecular weight excluding hydrogens is 171 g/mol. The molecule has 0 atom stereocenters. The van der Waals surface area contributed by atoms with Crippen LogP contribution in [0.25, 0.3) is 0 Å². The number of aryl methyl sites for hydroxylation is 1. The van der Waals surface area contributed by atoms with Crippen molar-refractivity contribution in [2.45, 2.75) is 11.8 Å². The van der Waals surface area contributed by atoms with Crippen LogP contribution in [0.1, 0.15) is 5.56 Å². The van der Waals surface area contributed by atoms with Gasteiger partial charge < -0.3 is 11.0 Å². The Balaban J connectivity index is 0. The van der Waals surface area contributed by atoms with Crippen LogP contribution in [-0.4, -0.2) is 25.1 Å².